The van der Waals surface area contributed by atoms with E-state index in [9.17, 15) is 9.59 Å². The summed E-state index contributed by atoms with van der Waals surface area (Å²) in [6.07, 6.45) is 2.74. The van der Waals surface area contributed by atoms with E-state index in [2.05, 4.69) is 31.0 Å². The van der Waals surface area contributed by atoms with Crippen LogP contribution >= 0.6 is 11.3 Å². The van der Waals surface area contributed by atoms with Crippen LogP contribution in [0.2, 0.25) is 0 Å². The molecule has 0 aliphatic carbocycles. The lowest BCUT2D eigenvalue weighted by molar-refractivity contribution is -0.132. The van der Waals surface area contributed by atoms with Gasteiger partial charge in [0, 0.05) is 36.7 Å². The Hall–Kier alpha value is -3.58. The third kappa shape index (κ3) is 7.01. The molecule has 2 amide bonds. The van der Waals surface area contributed by atoms with Gasteiger partial charge in [-0.3, -0.25) is 9.59 Å². The predicted molar refractivity (Wildman–Crippen MR) is 150 cm³/mol. The molecule has 2 aromatic carbocycles. The summed E-state index contributed by atoms with van der Waals surface area (Å²) in [6.45, 7) is 8.30. The second-order valence-corrected chi connectivity index (χ2v) is 10.5. The minimum absolute atomic E-state index is 0.0554. The molecule has 0 aliphatic heterocycles. The monoisotopic (exact) mass is 517 g/mol. The molecule has 4 rings (SSSR count). The topological polar surface area (TPSA) is 65.6 Å². The first kappa shape index (κ1) is 26.5. The van der Waals surface area contributed by atoms with Gasteiger partial charge in [0.25, 0.3) is 5.91 Å². The van der Waals surface area contributed by atoms with Gasteiger partial charge in [-0.15, -0.1) is 11.3 Å². The Morgan fingerprint density at radius 1 is 1.00 bits per heavy atom. The van der Waals surface area contributed by atoms with Crippen LogP contribution in [0.3, 0.4) is 0 Å². The number of aromatic amines is 1. The molecule has 0 saturated heterocycles. The van der Waals surface area contributed by atoms with Crippen molar-refractivity contribution in [1.29, 1.82) is 0 Å². The average molecular weight is 518 g/mol. The maximum Gasteiger partial charge on any atom is 0.264 e. The third-order valence-corrected chi connectivity index (χ3v) is 7.08. The van der Waals surface area contributed by atoms with Gasteiger partial charge in [-0.1, -0.05) is 50.2 Å². The molecule has 6 nitrogen and oxygen atoms in total. The van der Waals surface area contributed by atoms with E-state index in [-0.39, 0.29) is 24.3 Å². The van der Waals surface area contributed by atoms with Crippen LogP contribution in [-0.2, 0) is 17.8 Å². The van der Waals surface area contributed by atoms with E-state index >= 15 is 0 Å². The van der Waals surface area contributed by atoms with Gasteiger partial charge in [-0.2, -0.15) is 0 Å². The van der Waals surface area contributed by atoms with Crippen LogP contribution in [0, 0.1) is 5.92 Å². The number of benzene rings is 2. The number of carbonyl (C=O) groups excluding carboxylic acids is 2. The molecule has 194 valence electrons. The minimum atomic E-state index is -0.0882. The molecule has 0 fully saturated rings. The van der Waals surface area contributed by atoms with Crippen molar-refractivity contribution in [3.8, 4) is 5.75 Å². The Bertz CT molecular complexity index is 1300. The van der Waals surface area contributed by atoms with Gasteiger partial charge in [0.1, 0.15) is 12.3 Å². The van der Waals surface area contributed by atoms with Gasteiger partial charge >= 0.3 is 0 Å². The maximum absolute atomic E-state index is 13.7. The van der Waals surface area contributed by atoms with E-state index in [4.69, 9.17) is 4.74 Å². The normalized spacial score (nSPS) is 11.1. The average Bonchev–Trinajstić information content (AvgIpc) is 3.57. The summed E-state index contributed by atoms with van der Waals surface area (Å²) in [4.78, 5) is 34.4. The van der Waals surface area contributed by atoms with Crippen molar-refractivity contribution in [2.75, 3.05) is 26.2 Å². The van der Waals surface area contributed by atoms with Crippen LogP contribution < -0.4 is 4.74 Å². The first-order valence-electron chi connectivity index (χ1n) is 12.8. The fourth-order valence-electron chi connectivity index (χ4n) is 4.44. The molecule has 1 N–H and O–H groups in total. The lowest BCUT2D eigenvalue weighted by Gasteiger charge is -2.29. The van der Waals surface area contributed by atoms with Crippen LogP contribution in [-0.4, -0.2) is 52.8 Å². The Morgan fingerprint density at radius 3 is 2.49 bits per heavy atom. The number of nitrogens with one attached hydrogen (secondary N) is 1. The van der Waals surface area contributed by atoms with Crippen molar-refractivity contribution in [3.63, 3.8) is 0 Å². The summed E-state index contributed by atoms with van der Waals surface area (Å²) in [5.41, 5.74) is 3.29. The number of H-pyrrole nitrogens is 1. The molecular formula is C30H35N3O3S. The fraction of sp³-hybridized carbons (Fsp3) is 0.333. The zero-order valence-corrected chi connectivity index (χ0v) is 22.6. The maximum atomic E-state index is 13.7. The molecule has 0 unspecified atom stereocenters. The standard InChI is InChI=1S/C30H35N3O3S/c1-4-36-25-13-11-23(12-14-25)20-32(16-15-24-18-31-27-9-6-5-8-26(24)27)29(34)21-33(19-22(2)3)30(35)28-10-7-17-37-28/h5-14,17-18,22,31H,4,15-16,19-21H2,1-3H3. The van der Waals surface area contributed by atoms with Crippen LogP contribution in [0.25, 0.3) is 10.9 Å². The highest BCUT2D eigenvalue weighted by atomic mass is 32.1. The van der Waals surface area contributed by atoms with E-state index in [0.717, 1.165) is 23.3 Å². The number of amides is 2. The number of carbonyl (C=O) groups is 2. The SMILES string of the molecule is CCOc1ccc(CN(CCc2c[nH]c3ccccc23)C(=O)CN(CC(C)C)C(=O)c2cccs2)cc1. The lowest BCUT2D eigenvalue weighted by Crippen LogP contribution is -2.44. The van der Waals surface area contributed by atoms with Crippen molar-refractivity contribution in [3.05, 3.63) is 88.2 Å². The Morgan fingerprint density at radius 2 is 1.78 bits per heavy atom. The number of fused-ring (bicyclic) bond motifs is 1. The number of ether oxygens (including phenoxy) is 1. The molecule has 0 aliphatic rings. The summed E-state index contributed by atoms with van der Waals surface area (Å²) >= 11 is 1.41. The Kier molecular flexibility index (Phi) is 9.01. The van der Waals surface area contributed by atoms with Gasteiger partial charge in [0.05, 0.1) is 11.5 Å². The summed E-state index contributed by atoms with van der Waals surface area (Å²) in [5, 5.41) is 3.06. The number of rotatable bonds is 12. The van der Waals surface area contributed by atoms with Crippen molar-refractivity contribution < 1.29 is 14.3 Å². The van der Waals surface area contributed by atoms with Gasteiger partial charge in [0.15, 0.2) is 0 Å². The number of hydrogen-bond donors (Lipinski definition) is 1. The van der Waals surface area contributed by atoms with Gasteiger partial charge < -0.3 is 19.5 Å². The highest BCUT2D eigenvalue weighted by molar-refractivity contribution is 7.12. The first-order chi connectivity index (χ1) is 17.9. The summed E-state index contributed by atoms with van der Waals surface area (Å²) in [5.74, 6) is 0.920. The molecular weight excluding hydrogens is 482 g/mol. The molecule has 0 bridgehead atoms. The molecule has 0 saturated carbocycles. The number of para-hydroxylation sites is 1. The molecule has 2 aromatic heterocycles. The van der Waals surface area contributed by atoms with E-state index in [0.29, 0.717) is 31.1 Å². The number of aromatic nitrogens is 1. The van der Waals surface area contributed by atoms with Crippen molar-refractivity contribution in [2.24, 2.45) is 5.92 Å². The third-order valence-electron chi connectivity index (χ3n) is 6.22. The number of hydrogen-bond acceptors (Lipinski definition) is 4. The summed E-state index contributed by atoms with van der Waals surface area (Å²) in [6, 6.07) is 19.8. The Labute approximate surface area is 222 Å². The molecule has 37 heavy (non-hydrogen) atoms. The predicted octanol–water partition coefficient (Wildman–Crippen LogP) is 6.00. The lowest BCUT2D eigenvalue weighted by atomic mass is 10.1. The Balaban J connectivity index is 1.53. The number of nitrogens with zero attached hydrogens (tertiary/aromatic N) is 2. The van der Waals surface area contributed by atoms with Crippen LogP contribution in [0.4, 0.5) is 0 Å². The molecule has 2 heterocycles. The van der Waals surface area contributed by atoms with Crippen molar-refractivity contribution in [1.82, 2.24) is 14.8 Å². The van der Waals surface area contributed by atoms with E-state index < -0.39 is 0 Å². The molecule has 0 atom stereocenters. The van der Waals surface area contributed by atoms with Gasteiger partial charge in [0.2, 0.25) is 5.91 Å². The number of thiophene rings is 1. The van der Waals surface area contributed by atoms with Crippen molar-refractivity contribution in [2.45, 2.75) is 33.7 Å². The zero-order chi connectivity index (χ0) is 26.2. The molecule has 4 aromatic rings. The second-order valence-electron chi connectivity index (χ2n) is 9.56. The second kappa shape index (κ2) is 12.6. The smallest absolute Gasteiger partial charge is 0.264 e. The molecule has 0 radical (unpaired) electrons. The highest BCUT2D eigenvalue weighted by Crippen LogP contribution is 2.20. The van der Waals surface area contributed by atoms with E-state index in [1.165, 1.54) is 22.3 Å². The molecule has 7 heteroatoms. The van der Waals surface area contributed by atoms with E-state index in [1.807, 2.05) is 71.9 Å². The highest BCUT2D eigenvalue weighted by Gasteiger charge is 2.24. The van der Waals surface area contributed by atoms with Crippen molar-refractivity contribution >= 4 is 34.1 Å². The molecule has 0 spiro atoms. The quantitative estimate of drug-likeness (QED) is 0.251. The van der Waals surface area contributed by atoms with Gasteiger partial charge in [-0.05, 0) is 60.0 Å². The van der Waals surface area contributed by atoms with Crippen LogP contribution in [0.5, 0.6) is 5.75 Å². The largest absolute Gasteiger partial charge is 0.494 e. The first-order valence-corrected chi connectivity index (χ1v) is 13.7. The summed E-state index contributed by atoms with van der Waals surface area (Å²) in [7, 11) is 0. The van der Waals surface area contributed by atoms with Crippen LogP contribution in [0.1, 0.15) is 41.6 Å². The minimum Gasteiger partial charge on any atom is -0.494 e. The fourth-order valence-corrected chi connectivity index (χ4v) is 5.13. The van der Waals surface area contributed by atoms with Gasteiger partial charge in [-0.25, -0.2) is 0 Å². The van der Waals surface area contributed by atoms with E-state index in [1.54, 1.807) is 4.90 Å². The van der Waals surface area contributed by atoms with Crippen LogP contribution in [0.15, 0.2) is 72.2 Å². The summed E-state index contributed by atoms with van der Waals surface area (Å²) < 4.78 is 5.57. The zero-order valence-electron chi connectivity index (χ0n) is 21.8.